The summed E-state index contributed by atoms with van der Waals surface area (Å²) in [5.74, 6) is 0.0156. The van der Waals surface area contributed by atoms with Crippen LogP contribution in [0.25, 0.3) is 0 Å². The van der Waals surface area contributed by atoms with Crippen molar-refractivity contribution in [1.29, 1.82) is 0 Å². The largest absolute Gasteiger partial charge is 0.391 e. The number of aryl methyl sites for hydroxylation is 2. The number of carbonyl (C=O) groups is 1. The zero-order valence-electron chi connectivity index (χ0n) is 9.56. The van der Waals surface area contributed by atoms with Crippen LogP contribution in [0.3, 0.4) is 0 Å². The van der Waals surface area contributed by atoms with Gasteiger partial charge in [0.15, 0.2) is 0 Å². The van der Waals surface area contributed by atoms with Crippen molar-refractivity contribution >= 4 is 17.2 Å². The van der Waals surface area contributed by atoms with Crippen molar-refractivity contribution in [3.05, 3.63) is 15.6 Å². The molecule has 88 valence electrons. The third-order valence-electron chi connectivity index (χ3n) is 2.78. The van der Waals surface area contributed by atoms with Gasteiger partial charge in [0, 0.05) is 13.1 Å². The molecule has 1 fully saturated rings. The average molecular weight is 240 g/mol. The van der Waals surface area contributed by atoms with Crippen LogP contribution in [0.4, 0.5) is 0 Å². The SMILES string of the molecule is Cc1nc(C)c(C(=O)N2CCCC(O)C2)s1. The van der Waals surface area contributed by atoms with E-state index in [-0.39, 0.29) is 12.0 Å². The Labute approximate surface area is 98.9 Å². The first kappa shape index (κ1) is 11.5. The molecule has 1 saturated heterocycles. The normalized spacial score (nSPS) is 21.2. The summed E-state index contributed by atoms with van der Waals surface area (Å²) >= 11 is 1.43. The Morgan fingerprint density at radius 3 is 2.88 bits per heavy atom. The first-order chi connectivity index (χ1) is 7.58. The predicted molar refractivity (Wildman–Crippen MR) is 62.7 cm³/mol. The van der Waals surface area contributed by atoms with E-state index >= 15 is 0 Å². The monoisotopic (exact) mass is 240 g/mol. The highest BCUT2D eigenvalue weighted by molar-refractivity contribution is 7.13. The van der Waals surface area contributed by atoms with Gasteiger partial charge in [0.1, 0.15) is 4.88 Å². The van der Waals surface area contributed by atoms with E-state index in [9.17, 15) is 9.90 Å². The minimum absolute atomic E-state index is 0.0156. The highest BCUT2D eigenvalue weighted by Gasteiger charge is 2.25. The molecule has 0 aromatic carbocycles. The van der Waals surface area contributed by atoms with Gasteiger partial charge in [-0.3, -0.25) is 4.79 Å². The molecule has 0 saturated carbocycles. The van der Waals surface area contributed by atoms with Gasteiger partial charge in [-0.25, -0.2) is 4.98 Å². The maximum Gasteiger partial charge on any atom is 0.265 e. The maximum atomic E-state index is 12.2. The molecule has 0 radical (unpaired) electrons. The van der Waals surface area contributed by atoms with E-state index < -0.39 is 0 Å². The number of hydrogen-bond donors (Lipinski definition) is 1. The lowest BCUT2D eigenvalue weighted by Gasteiger charge is -2.29. The van der Waals surface area contributed by atoms with Crippen LogP contribution in [0.15, 0.2) is 0 Å². The first-order valence-corrected chi connectivity index (χ1v) is 6.31. The number of hydrogen-bond acceptors (Lipinski definition) is 4. The zero-order chi connectivity index (χ0) is 11.7. The lowest BCUT2D eigenvalue weighted by atomic mass is 10.1. The van der Waals surface area contributed by atoms with Crippen molar-refractivity contribution in [2.24, 2.45) is 0 Å². The molecule has 1 aromatic heterocycles. The standard InChI is InChI=1S/C11H16N2O2S/c1-7-10(16-8(2)12-7)11(15)13-5-3-4-9(14)6-13/h9,14H,3-6H2,1-2H3. The average Bonchev–Trinajstić information content (AvgIpc) is 2.57. The Morgan fingerprint density at radius 1 is 1.56 bits per heavy atom. The van der Waals surface area contributed by atoms with Crippen molar-refractivity contribution in [1.82, 2.24) is 9.88 Å². The molecule has 0 bridgehead atoms. The van der Waals surface area contributed by atoms with Gasteiger partial charge in [0.05, 0.1) is 16.8 Å². The van der Waals surface area contributed by atoms with Crippen molar-refractivity contribution in [2.45, 2.75) is 32.8 Å². The van der Waals surface area contributed by atoms with Crippen LogP contribution in [0.5, 0.6) is 0 Å². The lowest BCUT2D eigenvalue weighted by molar-refractivity contribution is 0.0477. The Morgan fingerprint density at radius 2 is 2.31 bits per heavy atom. The molecule has 5 heteroatoms. The first-order valence-electron chi connectivity index (χ1n) is 5.49. The Balaban J connectivity index is 2.15. The van der Waals surface area contributed by atoms with Gasteiger partial charge in [0.2, 0.25) is 0 Å². The van der Waals surface area contributed by atoms with Crippen molar-refractivity contribution < 1.29 is 9.90 Å². The summed E-state index contributed by atoms with van der Waals surface area (Å²) in [7, 11) is 0. The number of likely N-dealkylation sites (tertiary alicyclic amines) is 1. The molecule has 1 aromatic rings. The number of aliphatic hydroxyl groups is 1. The summed E-state index contributed by atoms with van der Waals surface area (Å²) < 4.78 is 0. The molecular weight excluding hydrogens is 224 g/mol. The van der Waals surface area contributed by atoms with Crippen LogP contribution < -0.4 is 0 Å². The van der Waals surface area contributed by atoms with E-state index in [1.165, 1.54) is 11.3 Å². The van der Waals surface area contributed by atoms with E-state index in [0.717, 1.165) is 30.1 Å². The highest BCUT2D eigenvalue weighted by Crippen LogP contribution is 2.21. The van der Waals surface area contributed by atoms with Gasteiger partial charge in [0.25, 0.3) is 5.91 Å². The fourth-order valence-corrected chi connectivity index (χ4v) is 2.90. The van der Waals surface area contributed by atoms with Crippen molar-refractivity contribution in [3.8, 4) is 0 Å². The van der Waals surface area contributed by atoms with Crippen LogP contribution in [-0.2, 0) is 0 Å². The summed E-state index contributed by atoms with van der Waals surface area (Å²) in [6.07, 6.45) is 1.31. The quantitative estimate of drug-likeness (QED) is 0.806. The van der Waals surface area contributed by atoms with Crippen LogP contribution >= 0.6 is 11.3 Å². The van der Waals surface area contributed by atoms with Crippen LogP contribution in [0.2, 0.25) is 0 Å². The molecule has 2 heterocycles. The Hall–Kier alpha value is -0.940. The van der Waals surface area contributed by atoms with Crippen LogP contribution in [-0.4, -0.2) is 40.1 Å². The van der Waals surface area contributed by atoms with E-state index in [0.29, 0.717) is 11.4 Å². The number of rotatable bonds is 1. The number of carbonyl (C=O) groups excluding carboxylic acids is 1. The number of nitrogens with zero attached hydrogens (tertiary/aromatic N) is 2. The topological polar surface area (TPSA) is 53.4 Å². The second-order valence-electron chi connectivity index (χ2n) is 4.19. The molecular formula is C11H16N2O2S. The third kappa shape index (κ3) is 2.25. The van der Waals surface area contributed by atoms with Gasteiger partial charge < -0.3 is 10.0 Å². The van der Waals surface area contributed by atoms with Gasteiger partial charge in [-0.2, -0.15) is 0 Å². The number of aliphatic hydroxyl groups excluding tert-OH is 1. The van der Waals surface area contributed by atoms with Crippen molar-refractivity contribution in [3.63, 3.8) is 0 Å². The summed E-state index contributed by atoms with van der Waals surface area (Å²) in [5, 5.41) is 10.5. The summed E-state index contributed by atoms with van der Waals surface area (Å²) in [5.41, 5.74) is 0.799. The van der Waals surface area contributed by atoms with Gasteiger partial charge >= 0.3 is 0 Å². The number of aromatic nitrogens is 1. The molecule has 1 aliphatic heterocycles. The van der Waals surface area contributed by atoms with Gasteiger partial charge in [-0.15, -0.1) is 11.3 Å². The second-order valence-corrected chi connectivity index (χ2v) is 5.40. The zero-order valence-corrected chi connectivity index (χ0v) is 10.4. The molecule has 1 N–H and O–H groups in total. The van der Waals surface area contributed by atoms with E-state index in [1.807, 2.05) is 13.8 Å². The fraction of sp³-hybridized carbons (Fsp3) is 0.636. The second kappa shape index (κ2) is 4.51. The van der Waals surface area contributed by atoms with Crippen molar-refractivity contribution in [2.75, 3.05) is 13.1 Å². The third-order valence-corrected chi connectivity index (χ3v) is 3.84. The molecule has 2 rings (SSSR count). The molecule has 0 aliphatic carbocycles. The fourth-order valence-electron chi connectivity index (χ4n) is 2.01. The van der Waals surface area contributed by atoms with Gasteiger partial charge in [-0.05, 0) is 26.7 Å². The van der Waals surface area contributed by atoms with Crippen LogP contribution in [0, 0.1) is 13.8 Å². The molecule has 1 atom stereocenters. The smallest absolute Gasteiger partial charge is 0.265 e. The summed E-state index contributed by atoms with van der Waals surface area (Å²) in [6.45, 7) is 4.96. The Bertz CT molecular complexity index is 403. The number of amides is 1. The maximum absolute atomic E-state index is 12.2. The van der Waals surface area contributed by atoms with E-state index in [1.54, 1.807) is 4.90 Å². The molecule has 1 aliphatic rings. The van der Waals surface area contributed by atoms with Gasteiger partial charge in [-0.1, -0.05) is 0 Å². The minimum Gasteiger partial charge on any atom is -0.391 e. The van der Waals surface area contributed by atoms with E-state index in [2.05, 4.69) is 4.98 Å². The highest BCUT2D eigenvalue weighted by atomic mass is 32.1. The summed E-state index contributed by atoms with van der Waals surface area (Å²) in [4.78, 5) is 18.9. The number of thiazole rings is 1. The molecule has 0 spiro atoms. The lowest BCUT2D eigenvalue weighted by Crippen LogP contribution is -2.42. The van der Waals surface area contributed by atoms with E-state index in [4.69, 9.17) is 0 Å². The predicted octanol–water partition coefficient (Wildman–Crippen LogP) is 1.36. The number of piperidine rings is 1. The minimum atomic E-state index is -0.368. The molecule has 1 unspecified atom stereocenters. The number of β-amino-alcohol motifs (C(OH)–C–C–N with tert-alkyl or cyclic N) is 1. The molecule has 16 heavy (non-hydrogen) atoms. The molecule has 1 amide bonds. The van der Waals surface area contributed by atoms with Crippen LogP contribution in [0.1, 0.15) is 33.2 Å². The Kier molecular flexibility index (Phi) is 3.25. The summed E-state index contributed by atoms with van der Waals surface area (Å²) in [6, 6.07) is 0. The molecule has 4 nitrogen and oxygen atoms in total.